The number of esters is 2. The minimum absolute atomic E-state index is 0.147. The molecule has 0 spiro atoms. The molecule has 0 saturated carbocycles. The second-order valence-electron chi connectivity index (χ2n) is 3.62. The maximum absolute atomic E-state index is 11.7. The molecule has 0 aromatic heterocycles. The van der Waals surface area contributed by atoms with Gasteiger partial charge in [-0.15, -0.1) is 0 Å². The van der Waals surface area contributed by atoms with Crippen molar-refractivity contribution in [2.75, 3.05) is 6.61 Å². The fourth-order valence-electron chi connectivity index (χ4n) is 1.07. The van der Waals surface area contributed by atoms with Crippen LogP contribution >= 0.6 is 0 Å². The molecule has 0 bridgehead atoms. The molecule has 7 heteroatoms. The summed E-state index contributed by atoms with van der Waals surface area (Å²) in [4.78, 5) is 21.7. The molecule has 1 atom stereocenters. The molecular formula is C11H15F3O4. The van der Waals surface area contributed by atoms with Crippen LogP contribution in [0.3, 0.4) is 0 Å². The van der Waals surface area contributed by atoms with Gasteiger partial charge in [-0.2, -0.15) is 13.2 Å². The minimum Gasteiger partial charge on any atom is -0.460 e. The van der Waals surface area contributed by atoms with Gasteiger partial charge in [-0.25, -0.2) is 4.79 Å². The monoisotopic (exact) mass is 268 g/mol. The summed E-state index contributed by atoms with van der Waals surface area (Å²) in [6, 6.07) is 0. The van der Waals surface area contributed by atoms with E-state index in [1.54, 1.807) is 6.92 Å². The van der Waals surface area contributed by atoms with Crippen LogP contribution in [0.2, 0.25) is 0 Å². The molecule has 0 rings (SSSR count). The van der Waals surface area contributed by atoms with Crippen LogP contribution in [0, 0.1) is 0 Å². The molecule has 0 aliphatic rings. The molecule has 0 radical (unpaired) electrons. The fraction of sp³-hybridized carbons (Fsp3) is 0.636. The van der Waals surface area contributed by atoms with E-state index in [0.717, 1.165) is 6.08 Å². The molecule has 18 heavy (non-hydrogen) atoms. The largest absolute Gasteiger partial charge is 0.460 e. The van der Waals surface area contributed by atoms with E-state index in [4.69, 9.17) is 4.74 Å². The molecule has 0 N–H and O–H groups in total. The topological polar surface area (TPSA) is 52.6 Å². The summed E-state index contributed by atoms with van der Waals surface area (Å²) in [6.45, 7) is 3.25. The Labute approximate surface area is 103 Å². The first-order chi connectivity index (χ1) is 8.24. The summed E-state index contributed by atoms with van der Waals surface area (Å²) in [6.07, 6.45) is -3.43. The Morgan fingerprint density at radius 1 is 1.39 bits per heavy atom. The third kappa shape index (κ3) is 9.68. The zero-order chi connectivity index (χ0) is 14.2. The van der Waals surface area contributed by atoms with Crippen molar-refractivity contribution >= 4 is 11.9 Å². The zero-order valence-electron chi connectivity index (χ0n) is 9.96. The van der Waals surface area contributed by atoms with Crippen LogP contribution in [0.5, 0.6) is 0 Å². The van der Waals surface area contributed by atoms with Gasteiger partial charge in [-0.3, -0.25) is 4.79 Å². The fourth-order valence-corrected chi connectivity index (χ4v) is 1.07. The Morgan fingerprint density at radius 3 is 2.50 bits per heavy atom. The first-order valence-corrected chi connectivity index (χ1v) is 5.30. The Morgan fingerprint density at radius 2 is 2.00 bits per heavy atom. The minimum atomic E-state index is -4.51. The molecular weight excluding hydrogens is 253 g/mol. The van der Waals surface area contributed by atoms with Crippen molar-refractivity contribution in [1.82, 2.24) is 0 Å². The summed E-state index contributed by atoms with van der Waals surface area (Å²) < 4.78 is 43.9. The number of hydrogen-bond acceptors (Lipinski definition) is 4. The second-order valence-corrected chi connectivity index (χ2v) is 3.62. The number of alkyl halides is 3. The summed E-state index contributed by atoms with van der Waals surface area (Å²) >= 11 is 0. The lowest BCUT2D eigenvalue weighted by Crippen LogP contribution is -2.20. The van der Waals surface area contributed by atoms with Crippen LogP contribution in [0.4, 0.5) is 13.2 Å². The highest BCUT2D eigenvalue weighted by Gasteiger charge is 2.29. The number of hydrogen-bond donors (Lipinski definition) is 0. The maximum Gasteiger partial charge on any atom is 0.422 e. The highest BCUT2D eigenvalue weighted by Crippen LogP contribution is 2.15. The van der Waals surface area contributed by atoms with Gasteiger partial charge >= 0.3 is 18.1 Å². The van der Waals surface area contributed by atoms with Crippen molar-refractivity contribution in [3.8, 4) is 0 Å². The molecule has 1 unspecified atom stereocenters. The molecule has 0 aromatic carbocycles. The van der Waals surface area contributed by atoms with Gasteiger partial charge in [0.25, 0.3) is 0 Å². The van der Waals surface area contributed by atoms with Crippen LogP contribution in [-0.4, -0.2) is 30.8 Å². The highest BCUT2D eigenvalue weighted by molar-refractivity contribution is 5.81. The SMILES string of the molecule is C=CC(=O)OC(C)CCCC(=O)OCC(F)(F)F. The Hall–Kier alpha value is -1.53. The normalized spacial score (nSPS) is 12.7. The summed E-state index contributed by atoms with van der Waals surface area (Å²) in [5, 5.41) is 0. The van der Waals surface area contributed by atoms with Crippen LogP contribution in [0.25, 0.3) is 0 Å². The first kappa shape index (κ1) is 16.5. The van der Waals surface area contributed by atoms with Crippen molar-refractivity contribution in [2.24, 2.45) is 0 Å². The molecule has 0 aliphatic heterocycles. The van der Waals surface area contributed by atoms with E-state index in [-0.39, 0.29) is 12.8 Å². The van der Waals surface area contributed by atoms with Gasteiger partial charge in [0.15, 0.2) is 6.61 Å². The quantitative estimate of drug-likeness (QED) is 0.525. The van der Waals surface area contributed by atoms with Crippen molar-refractivity contribution in [2.45, 2.75) is 38.5 Å². The number of carbonyl (C=O) groups is 2. The van der Waals surface area contributed by atoms with E-state index in [1.165, 1.54) is 0 Å². The van der Waals surface area contributed by atoms with E-state index in [0.29, 0.717) is 6.42 Å². The van der Waals surface area contributed by atoms with Crippen LogP contribution in [0.1, 0.15) is 26.2 Å². The van der Waals surface area contributed by atoms with Crippen molar-refractivity contribution < 1.29 is 32.2 Å². The average Bonchev–Trinajstić information content (AvgIpc) is 2.25. The molecule has 104 valence electrons. The third-order valence-corrected chi connectivity index (χ3v) is 1.87. The second kappa shape index (κ2) is 7.73. The lowest BCUT2D eigenvalue weighted by atomic mass is 10.2. The standard InChI is InChI=1S/C11H15F3O4/c1-3-9(15)18-8(2)5-4-6-10(16)17-7-11(12,13)14/h3,8H,1,4-7H2,2H3. The third-order valence-electron chi connectivity index (χ3n) is 1.87. The van der Waals surface area contributed by atoms with Gasteiger partial charge in [0.2, 0.25) is 0 Å². The lowest BCUT2D eigenvalue weighted by Gasteiger charge is -2.11. The van der Waals surface area contributed by atoms with E-state index < -0.39 is 30.8 Å². The van der Waals surface area contributed by atoms with E-state index in [9.17, 15) is 22.8 Å². The molecule has 0 aliphatic carbocycles. The maximum atomic E-state index is 11.7. The van der Waals surface area contributed by atoms with Crippen LogP contribution in [0.15, 0.2) is 12.7 Å². The predicted molar refractivity (Wildman–Crippen MR) is 56.6 cm³/mol. The molecule has 0 aromatic rings. The van der Waals surface area contributed by atoms with Gasteiger partial charge in [0, 0.05) is 12.5 Å². The Balaban J connectivity index is 3.68. The lowest BCUT2D eigenvalue weighted by molar-refractivity contribution is -0.186. The summed E-state index contributed by atoms with van der Waals surface area (Å²) in [7, 11) is 0. The van der Waals surface area contributed by atoms with E-state index in [2.05, 4.69) is 11.3 Å². The zero-order valence-corrected chi connectivity index (χ0v) is 9.96. The van der Waals surface area contributed by atoms with Gasteiger partial charge < -0.3 is 9.47 Å². The van der Waals surface area contributed by atoms with E-state index >= 15 is 0 Å². The summed E-state index contributed by atoms with van der Waals surface area (Å²) in [5.41, 5.74) is 0. The van der Waals surface area contributed by atoms with Gasteiger partial charge in [-0.05, 0) is 19.8 Å². The van der Waals surface area contributed by atoms with Gasteiger partial charge in [-0.1, -0.05) is 6.58 Å². The smallest absolute Gasteiger partial charge is 0.422 e. The van der Waals surface area contributed by atoms with Gasteiger partial charge in [0.1, 0.15) is 0 Å². The summed E-state index contributed by atoms with van der Waals surface area (Å²) in [5.74, 6) is -1.50. The van der Waals surface area contributed by atoms with Crippen molar-refractivity contribution in [3.63, 3.8) is 0 Å². The van der Waals surface area contributed by atoms with E-state index in [1.807, 2.05) is 0 Å². The molecule has 0 fully saturated rings. The predicted octanol–water partition coefficient (Wildman–Crippen LogP) is 2.38. The average molecular weight is 268 g/mol. The van der Waals surface area contributed by atoms with Crippen LogP contribution in [-0.2, 0) is 19.1 Å². The molecule has 0 saturated heterocycles. The molecule has 0 heterocycles. The molecule has 0 amide bonds. The Bertz CT molecular complexity index is 299. The number of rotatable bonds is 7. The van der Waals surface area contributed by atoms with Crippen molar-refractivity contribution in [3.05, 3.63) is 12.7 Å². The number of ether oxygens (including phenoxy) is 2. The Kier molecular flexibility index (Phi) is 7.07. The number of carbonyl (C=O) groups excluding carboxylic acids is 2. The highest BCUT2D eigenvalue weighted by atomic mass is 19.4. The van der Waals surface area contributed by atoms with Crippen LogP contribution < -0.4 is 0 Å². The first-order valence-electron chi connectivity index (χ1n) is 5.30. The molecule has 4 nitrogen and oxygen atoms in total. The van der Waals surface area contributed by atoms with Gasteiger partial charge in [0.05, 0.1) is 6.10 Å². The van der Waals surface area contributed by atoms with Crippen molar-refractivity contribution in [1.29, 1.82) is 0 Å². The number of halogens is 3.